The van der Waals surface area contributed by atoms with E-state index in [4.69, 9.17) is 4.52 Å². The number of halogens is 1. The summed E-state index contributed by atoms with van der Waals surface area (Å²) in [7, 11) is 0. The van der Waals surface area contributed by atoms with Crippen LogP contribution in [-0.4, -0.2) is 22.7 Å². The van der Waals surface area contributed by atoms with Crippen LogP contribution in [-0.2, 0) is 10.5 Å². The minimum Gasteiger partial charge on any atom is -0.361 e. The van der Waals surface area contributed by atoms with Gasteiger partial charge in [0.05, 0.1) is 17.0 Å². The topological polar surface area (TPSA) is 84.2 Å². The van der Waals surface area contributed by atoms with Gasteiger partial charge in [-0.2, -0.15) is 0 Å². The fourth-order valence-corrected chi connectivity index (χ4v) is 3.27. The molecule has 8 heteroatoms. The maximum atomic E-state index is 11.9. The molecule has 1 heterocycles. The first kappa shape index (κ1) is 17.6. The highest BCUT2D eigenvalue weighted by Crippen LogP contribution is 2.19. The summed E-state index contributed by atoms with van der Waals surface area (Å²) < 4.78 is 5.73. The average Bonchev–Trinajstić information content (AvgIpc) is 2.85. The molecule has 0 atom stereocenters. The molecule has 0 aliphatic heterocycles. The molecule has 2 amide bonds. The van der Waals surface area contributed by atoms with Crippen LogP contribution < -0.4 is 10.9 Å². The quantitative estimate of drug-likeness (QED) is 0.757. The Hall–Kier alpha value is -1.80. The van der Waals surface area contributed by atoms with Gasteiger partial charge in [-0.15, -0.1) is 11.8 Å². The maximum absolute atomic E-state index is 11.9. The van der Waals surface area contributed by atoms with Crippen molar-refractivity contribution in [2.24, 2.45) is 0 Å². The number of hydrazine groups is 1. The Morgan fingerprint density at radius 3 is 2.65 bits per heavy atom. The molecule has 0 fully saturated rings. The molecule has 2 aromatic rings. The van der Waals surface area contributed by atoms with Crippen molar-refractivity contribution in [3.8, 4) is 0 Å². The van der Waals surface area contributed by atoms with Gasteiger partial charge in [0.15, 0.2) is 0 Å². The Kier molecular flexibility index (Phi) is 6.23. The number of amides is 2. The zero-order valence-corrected chi connectivity index (χ0v) is 15.1. The summed E-state index contributed by atoms with van der Waals surface area (Å²) in [5.41, 5.74) is 7.08. The normalized spacial score (nSPS) is 10.4. The van der Waals surface area contributed by atoms with Crippen LogP contribution in [0.25, 0.3) is 0 Å². The number of rotatable bonds is 5. The Morgan fingerprint density at radius 2 is 2.00 bits per heavy atom. The molecular formula is C15H16BrN3O3S. The van der Waals surface area contributed by atoms with Crippen molar-refractivity contribution in [3.63, 3.8) is 0 Å². The predicted octanol–water partition coefficient (Wildman–Crippen LogP) is 2.75. The molecule has 1 aromatic heterocycles. The van der Waals surface area contributed by atoms with E-state index in [9.17, 15) is 9.59 Å². The summed E-state index contributed by atoms with van der Waals surface area (Å²) >= 11 is 4.71. The van der Waals surface area contributed by atoms with Crippen LogP contribution in [0, 0.1) is 13.8 Å². The molecule has 0 saturated heterocycles. The van der Waals surface area contributed by atoms with Crippen LogP contribution >= 0.6 is 27.7 Å². The minimum absolute atomic E-state index is 0.223. The number of benzene rings is 1. The molecular weight excluding hydrogens is 382 g/mol. The molecule has 0 radical (unpaired) electrons. The van der Waals surface area contributed by atoms with Crippen molar-refractivity contribution >= 4 is 39.5 Å². The van der Waals surface area contributed by atoms with E-state index in [1.54, 1.807) is 18.2 Å². The van der Waals surface area contributed by atoms with E-state index in [1.165, 1.54) is 11.8 Å². The van der Waals surface area contributed by atoms with Gasteiger partial charge in [0.25, 0.3) is 5.91 Å². The van der Waals surface area contributed by atoms with E-state index in [-0.39, 0.29) is 17.6 Å². The van der Waals surface area contributed by atoms with Crippen molar-refractivity contribution in [2.75, 3.05) is 5.75 Å². The van der Waals surface area contributed by atoms with E-state index < -0.39 is 0 Å². The third-order valence-corrected chi connectivity index (χ3v) is 4.75. The number of nitrogens with zero attached hydrogens (tertiary/aromatic N) is 1. The second kappa shape index (κ2) is 8.16. The molecule has 6 nitrogen and oxygen atoms in total. The lowest BCUT2D eigenvalue weighted by molar-refractivity contribution is -0.119. The molecule has 0 aliphatic carbocycles. The Bertz CT molecular complexity index is 698. The number of aryl methyl sites for hydroxylation is 2. The van der Waals surface area contributed by atoms with Crippen molar-refractivity contribution < 1.29 is 14.1 Å². The van der Waals surface area contributed by atoms with Crippen LogP contribution in [0.3, 0.4) is 0 Å². The second-order valence-corrected chi connectivity index (χ2v) is 6.62. The van der Waals surface area contributed by atoms with E-state index in [0.29, 0.717) is 15.8 Å². The molecule has 0 bridgehead atoms. The summed E-state index contributed by atoms with van der Waals surface area (Å²) in [4.78, 5) is 23.7. The summed E-state index contributed by atoms with van der Waals surface area (Å²) in [5, 5.41) is 3.86. The highest BCUT2D eigenvalue weighted by molar-refractivity contribution is 9.10. The molecule has 0 saturated carbocycles. The number of hydrogen-bond acceptors (Lipinski definition) is 5. The van der Waals surface area contributed by atoms with Crippen molar-refractivity contribution in [1.29, 1.82) is 0 Å². The highest BCUT2D eigenvalue weighted by atomic mass is 79.9. The van der Waals surface area contributed by atoms with Gasteiger partial charge in [-0.3, -0.25) is 20.4 Å². The van der Waals surface area contributed by atoms with E-state index >= 15 is 0 Å². The van der Waals surface area contributed by atoms with Crippen molar-refractivity contribution in [2.45, 2.75) is 19.6 Å². The zero-order valence-electron chi connectivity index (χ0n) is 12.7. The molecule has 0 unspecified atom stereocenters. The summed E-state index contributed by atoms with van der Waals surface area (Å²) in [6, 6.07) is 6.99. The van der Waals surface area contributed by atoms with Gasteiger partial charge >= 0.3 is 0 Å². The van der Waals surface area contributed by atoms with Gasteiger partial charge in [-0.1, -0.05) is 17.3 Å². The standard InChI is InChI=1S/C15H16BrN3O3S/c1-9-12(10(2)22-19-9)7-23-8-14(20)17-18-15(21)11-5-3-4-6-13(11)16/h3-6H,7-8H2,1-2H3,(H,17,20)(H,18,21). The molecule has 2 rings (SSSR count). The van der Waals surface area contributed by atoms with Gasteiger partial charge in [-0.05, 0) is 41.9 Å². The minimum atomic E-state index is -0.374. The first-order chi connectivity index (χ1) is 11.0. The van der Waals surface area contributed by atoms with Gasteiger partial charge in [0.2, 0.25) is 5.91 Å². The van der Waals surface area contributed by atoms with Crippen LogP contribution in [0.5, 0.6) is 0 Å². The predicted molar refractivity (Wildman–Crippen MR) is 91.9 cm³/mol. The molecule has 0 aliphatic rings. The molecule has 1 aromatic carbocycles. The van der Waals surface area contributed by atoms with E-state index in [0.717, 1.165) is 17.0 Å². The largest absolute Gasteiger partial charge is 0.361 e. The monoisotopic (exact) mass is 397 g/mol. The number of carbonyl (C=O) groups excluding carboxylic acids is 2. The summed E-state index contributed by atoms with van der Waals surface area (Å²) in [6.07, 6.45) is 0. The number of thioether (sulfide) groups is 1. The molecule has 2 N–H and O–H groups in total. The number of nitrogens with one attached hydrogen (secondary N) is 2. The summed E-state index contributed by atoms with van der Waals surface area (Å²) in [5.74, 6) is 0.967. The third kappa shape index (κ3) is 4.84. The van der Waals surface area contributed by atoms with Crippen molar-refractivity contribution in [3.05, 3.63) is 51.3 Å². The lowest BCUT2D eigenvalue weighted by Crippen LogP contribution is -2.42. The zero-order chi connectivity index (χ0) is 16.8. The highest BCUT2D eigenvalue weighted by Gasteiger charge is 2.12. The maximum Gasteiger partial charge on any atom is 0.270 e. The smallest absolute Gasteiger partial charge is 0.270 e. The van der Waals surface area contributed by atoms with Gasteiger partial charge in [0, 0.05) is 15.8 Å². The molecule has 0 spiro atoms. The van der Waals surface area contributed by atoms with E-state index in [2.05, 4.69) is 31.9 Å². The first-order valence-electron chi connectivity index (χ1n) is 6.82. The fourth-order valence-electron chi connectivity index (χ4n) is 1.83. The molecule has 23 heavy (non-hydrogen) atoms. The fraction of sp³-hybridized carbons (Fsp3) is 0.267. The van der Waals surface area contributed by atoms with Crippen LogP contribution in [0.4, 0.5) is 0 Å². The Morgan fingerprint density at radius 1 is 1.26 bits per heavy atom. The lowest BCUT2D eigenvalue weighted by Gasteiger charge is -2.08. The van der Waals surface area contributed by atoms with Gasteiger partial charge in [-0.25, -0.2) is 0 Å². The number of carbonyl (C=O) groups is 2. The van der Waals surface area contributed by atoms with Crippen LogP contribution in [0.2, 0.25) is 0 Å². The number of hydrogen-bond donors (Lipinski definition) is 2. The summed E-state index contributed by atoms with van der Waals surface area (Å²) in [6.45, 7) is 3.71. The lowest BCUT2D eigenvalue weighted by atomic mass is 10.2. The first-order valence-corrected chi connectivity index (χ1v) is 8.77. The second-order valence-electron chi connectivity index (χ2n) is 4.78. The van der Waals surface area contributed by atoms with Gasteiger partial charge in [0.1, 0.15) is 5.76 Å². The SMILES string of the molecule is Cc1noc(C)c1CSCC(=O)NNC(=O)c1ccccc1Br. The Labute approximate surface area is 146 Å². The number of aromatic nitrogens is 1. The van der Waals surface area contributed by atoms with Crippen molar-refractivity contribution in [1.82, 2.24) is 16.0 Å². The van der Waals surface area contributed by atoms with E-state index in [1.807, 2.05) is 19.9 Å². The molecule has 122 valence electrons. The third-order valence-electron chi connectivity index (χ3n) is 3.09. The van der Waals surface area contributed by atoms with Crippen LogP contribution in [0.15, 0.2) is 33.3 Å². The average molecular weight is 398 g/mol. The Balaban J connectivity index is 1.75. The van der Waals surface area contributed by atoms with Crippen LogP contribution in [0.1, 0.15) is 27.4 Å². The van der Waals surface area contributed by atoms with Gasteiger partial charge < -0.3 is 4.52 Å².